The molecule has 1 unspecified atom stereocenters. The predicted octanol–water partition coefficient (Wildman–Crippen LogP) is 4.87. The zero-order chi connectivity index (χ0) is 24.7. The van der Waals surface area contributed by atoms with Crippen molar-refractivity contribution in [1.82, 2.24) is 19.7 Å². The molecule has 186 valence electrons. The van der Waals surface area contributed by atoms with Gasteiger partial charge in [0.15, 0.2) is 15.5 Å². The zero-order valence-electron chi connectivity index (χ0n) is 20.8. The third-order valence-corrected chi connectivity index (χ3v) is 9.34. The Bertz CT molecular complexity index is 1360. The summed E-state index contributed by atoms with van der Waals surface area (Å²) < 4.78 is 26.2. The average Bonchev–Trinajstić information content (AvgIpc) is 3.38. The highest BCUT2D eigenvalue weighted by Crippen LogP contribution is 2.34. The third-order valence-electron chi connectivity index (χ3n) is 7.59. The molecule has 1 saturated heterocycles. The molecule has 0 N–H and O–H groups in total. The molecule has 1 atom stereocenters. The number of benzene rings is 1. The Balaban J connectivity index is 1.68. The fourth-order valence-electron chi connectivity index (χ4n) is 5.69. The minimum absolute atomic E-state index is 0.0156. The Hall–Kier alpha value is -2.74. The van der Waals surface area contributed by atoms with E-state index in [1.54, 1.807) is 4.68 Å². The van der Waals surface area contributed by atoms with Crippen molar-refractivity contribution in [3.8, 4) is 11.3 Å². The Labute approximate surface area is 207 Å². The van der Waals surface area contributed by atoms with Gasteiger partial charge in [-0.25, -0.2) is 18.1 Å². The molecule has 1 aliphatic carbocycles. The summed E-state index contributed by atoms with van der Waals surface area (Å²) in [6.45, 7) is 6.63. The van der Waals surface area contributed by atoms with Gasteiger partial charge in [0.2, 0.25) is 0 Å². The van der Waals surface area contributed by atoms with Crippen molar-refractivity contribution in [3.63, 3.8) is 0 Å². The smallest absolute Gasteiger partial charge is 0.254 e. The van der Waals surface area contributed by atoms with Gasteiger partial charge in [-0.1, -0.05) is 49.1 Å². The minimum atomic E-state index is -3.09. The molecule has 0 bridgehead atoms. The molecule has 7 nitrogen and oxygen atoms in total. The van der Waals surface area contributed by atoms with Crippen LogP contribution in [0.1, 0.15) is 73.1 Å². The summed E-state index contributed by atoms with van der Waals surface area (Å²) in [4.78, 5) is 21.1. The first-order valence-electron chi connectivity index (χ1n) is 12.8. The highest BCUT2D eigenvalue weighted by molar-refractivity contribution is 7.91. The van der Waals surface area contributed by atoms with Crippen molar-refractivity contribution in [2.45, 2.75) is 71.4 Å². The molecule has 0 spiro atoms. The number of aryl methyl sites for hydroxylation is 2. The number of nitrogens with zero attached hydrogens (tertiary/aromatic N) is 4. The molecule has 1 saturated carbocycles. The Morgan fingerprint density at radius 2 is 1.80 bits per heavy atom. The van der Waals surface area contributed by atoms with Gasteiger partial charge in [0.05, 0.1) is 39.9 Å². The predicted molar refractivity (Wildman–Crippen MR) is 138 cm³/mol. The summed E-state index contributed by atoms with van der Waals surface area (Å²) in [6, 6.07) is 10.0. The highest BCUT2D eigenvalue weighted by atomic mass is 32.2. The van der Waals surface area contributed by atoms with Crippen LogP contribution in [0.15, 0.2) is 30.3 Å². The summed E-state index contributed by atoms with van der Waals surface area (Å²) in [7, 11) is -3.09. The van der Waals surface area contributed by atoms with Gasteiger partial charge in [-0.15, -0.1) is 0 Å². The van der Waals surface area contributed by atoms with E-state index in [2.05, 4.69) is 0 Å². The van der Waals surface area contributed by atoms with E-state index in [1.165, 1.54) is 6.42 Å². The fourth-order valence-corrected chi connectivity index (χ4v) is 7.38. The molecule has 8 heteroatoms. The summed E-state index contributed by atoms with van der Waals surface area (Å²) in [5.74, 6) is 0.237. The van der Waals surface area contributed by atoms with Gasteiger partial charge in [0.25, 0.3) is 5.91 Å². The second-order valence-corrected chi connectivity index (χ2v) is 12.3. The van der Waals surface area contributed by atoms with Gasteiger partial charge >= 0.3 is 0 Å². The van der Waals surface area contributed by atoms with Gasteiger partial charge in [-0.3, -0.25) is 4.79 Å². The first-order valence-corrected chi connectivity index (χ1v) is 14.6. The highest BCUT2D eigenvalue weighted by Gasteiger charge is 2.33. The molecule has 3 aromatic rings. The normalized spacial score (nSPS) is 20.4. The number of hydrogen-bond donors (Lipinski definition) is 0. The Kier molecular flexibility index (Phi) is 6.42. The Morgan fingerprint density at radius 1 is 1.09 bits per heavy atom. The molecular formula is C27H34N4O3S. The van der Waals surface area contributed by atoms with E-state index < -0.39 is 9.84 Å². The maximum Gasteiger partial charge on any atom is 0.254 e. The lowest BCUT2D eigenvalue weighted by Gasteiger charge is -2.34. The van der Waals surface area contributed by atoms with Crippen LogP contribution >= 0.6 is 0 Å². The van der Waals surface area contributed by atoms with Crippen molar-refractivity contribution < 1.29 is 13.2 Å². The maximum atomic E-state index is 14.1. The molecule has 1 amide bonds. The van der Waals surface area contributed by atoms with Crippen LogP contribution in [0, 0.1) is 13.8 Å². The SMILES string of the molecule is CCN(C(=O)c1cc(-c2ccc(C)cc2)nc2c1c(C)nn2C1CCS(=O)(=O)C1)C1CCCCC1. The molecule has 2 aliphatic rings. The first-order chi connectivity index (χ1) is 16.8. The monoisotopic (exact) mass is 494 g/mol. The maximum absolute atomic E-state index is 14.1. The van der Waals surface area contributed by atoms with E-state index in [0.29, 0.717) is 29.9 Å². The number of pyridine rings is 1. The minimum Gasteiger partial charge on any atom is -0.336 e. The van der Waals surface area contributed by atoms with Gasteiger partial charge in [-0.05, 0) is 46.1 Å². The molecule has 35 heavy (non-hydrogen) atoms. The van der Waals surface area contributed by atoms with Crippen LogP contribution in [0.4, 0.5) is 0 Å². The van der Waals surface area contributed by atoms with Crippen LogP contribution in [-0.4, -0.2) is 58.1 Å². The lowest BCUT2D eigenvalue weighted by Crippen LogP contribution is -2.41. The topological polar surface area (TPSA) is 85.2 Å². The standard InChI is InChI=1S/C27H34N4O3S/c1-4-30(21-8-6-5-7-9-21)27(32)23-16-24(20-12-10-18(2)11-13-20)28-26-25(23)19(3)29-31(26)22-14-15-35(33,34)17-22/h10-13,16,21-22H,4-9,14-15,17H2,1-3H3. The van der Waals surface area contributed by atoms with Crippen molar-refractivity contribution in [2.75, 3.05) is 18.1 Å². The molecule has 1 aromatic carbocycles. The number of carbonyl (C=O) groups excluding carboxylic acids is 1. The number of aromatic nitrogens is 3. The van der Waals surface area contributed by atoms with E-state index in [0.717, 1.165) is 47.9 Å². The Morgan fingerprint density at radius 3 is 2.43 bits per heavy atom. The lowest BCUT2D eigenvalue weighted by atomic mass is 9.93. The van der Waals surface area contributed by atoms with Crippen molar-refractivity contribution in [1.29, 1.82) is 0 Å². The summed E-state index contributed by atoms with van der Waals surface area (Å²) >= 11 is 0. The summed E-state index contributed by atoms with van der Waals surface area (Å²) in [5.41, 5.74) is 4.72. The van der Waals surface area contributed by atoms with Gasteiger partial charge < -0.3 is 4.90 Å². The summed E-state index contributed by atoms with van der Waals surface area (Å²) in [5, 5.41) is 5.49. The lowest BCUT2D eigenvalue weighted by molar-refractivity contribution is 0.0650. The third kappa shape index (κ3) is 4.60. The number of carbonyl (C=O) groups is 1. The van der Waals surface area contributed by atoms with E-state index in [1.807, 2.05) is 56.0 Å². The first kappa shape index (κ1) is 24.0. The van der Waals surface area contributed by atoms with Gasteiger partial charge in [0, 0.05) is 18.2 Å². The van der Waals surface area contributed by atoms with E-state index in [9.17, 15) is 13.2 Å². The molecule has 1 aliphatic heterocycles. The quantitative estimate of drug-likeness (QED) is 0.505. The van der Waals surface area contributed by atoms with Crippen molar-refractivity contribution in [2.24, 2.45) is 0 Å². The second kappa shape index (κ2) is 9.37. The van der Waals surface area contributed by atoms with Gasteiger partial charge in [0.1, 0.15) is 0 Å². The molecule has 3 heterocycles. The number of sulfone groups is 1. The van der Waals surface area contributed by atoms with E-state index >= 15 is 0 Å². The van der Waals surface area contributed by atoms with Crippen LogP contribution in [0.2, 0.25) is 0 Å². The van der Waals surface area contributed by atoms with Crippen LogP contribution < -0.4 is 0 Å². The van der Waals surface area contributed by atoms with Gasteiger partial charge in [-0.2, -0.15) is 5.10 Å². The van der Waals surface area contributed by atoms with E-state index in [4.69, 9.17) is 10.1 Å². The van der Waals surface area contributed by atoms with Crippen LogP contribution in [0.5, 0.6) is 0 Å². The summed E-state index contributed by atoms with van der Waals surface area (Å²) in [6.07, 6.45) is 6.13. The molecule has 5 rings (SSSR count). The molecule has 2 fully saturated rings. The second-order valence-electron chi connectivity index (χ2n) is 10.1. The molecule has 2 aromatic heterocycles. The van der Waals surface area contributed by atoms with E-state index in [-0.39, 0.29) is 29.5 Å². The number of amides is 1. The number of fused-ring (bicyclic) bond motifs is 1. The van der Waals surface area contributed by atoms with Crippen molar-refractivity contribution >= 4 is 26.8 Å². The van der Waals surface area contributed by atoms with Crippen LogP contribution in [-0.2, 0) is 9.84 Å². The average molecular weight is 495 g/mol. The fraction of sp³-hybridized carbons (Fsp3) is 0.519. The number of rotatable bonds is 5. The number of hydrogen-bond acceptors (Lipinski definition) is 5. The molecule has 0 radical (unpaired) electrons. The van der Waals surface area contributed by atoms with Crippen LogP contribution in [0.25, 0.3) is 22.3 Å². The zero-order valence-corrected chi connectivity index (χ0v) is 21.6. The largest absolute Gasteiger partial charge is 0.336 e. The molecular weight excluding hydrogens is 460 g/mol. The van der Waals surface area contributed by atoms with Crippen molar-refractivity contribution in [3.05, 3.63) is 47.2 Å². The van der Waals surface area contributed by atoms with Crippen LogP contribution in [0.3, 0.4) is 0 Å².